The van der Waals surface area contributed by atoms with Crippen molar-refractivity contribution >= 4 is 31.9 Å². The van der Waals surface area contributed by atoms with Crippen molar-refractivity contribution < 1.29 is 4.39 Å². The van der Waals surface area contributed by atoms with E-state index in [9.17, 15) is 4.39 Å². The molecule has 0 heterocycles. The number of rotatable bonds is 3. The van der Waals surface area contributed by atoms with Gasteiger partial charge in [-0.2, -0.15) is 0 Å². The average Bonchev–Trinajstić information content (AvgIpc) is 2.36. The maximum absolute atomic E-state index is 13.8. The monoisotopic (exact) mass is 385 g/mol. The molecule has 19 heavy (non-hydrogen) atoms. The van der Waals surface area contributed by atoms with Gasteiger partial charge in [0.05, 0.1) is 0 Å². The molecule has 0 spiro atoms. The lowest BCUT2D eigenvalue weighted by Gasteiger charge is -2.16. The summed E-state index contributed by atoms with van der Waals surface area (Å²) in [5.74, 6) is -0.225. The molecule has 2 aromatic rings. The van der Waals surface area contributed by atoms with Gasteiger partial charge in [-0.05, 0) is 48.2 Å². The molecule has 2 aromatic carbocycles. The number of nitrogens with two attached hydrogens (primary N) is 1. The third-order valence-electron chi connectivity index (χ3n) is 3.16. The third-order valence-corrected chi connectivity index (χ3v) is 4.52. The van der Waals surface area contributed by atoms with E-state index in [1.807, 2.05) is 31.2 Å². The van der Waals surface area contributed by atoms with E-state index in [-0.39, 0.29) is 11.9 Å². The molecule has 4 heteroatoms. The Balaban J connectivity index is 2.25. The van der Waals surface area contributed by atoms with Crippen LogP contribution in [0, 0.1) is 12.7 Å². The molecule has 0 saturated heterocycles. The van der Waals surface area contributed by atoms with Gasteiger partial charge in [-0.3, -0.25) is 0 Å². The standard InChI is InChI=1S/C15H14Br2FN/c1-9-12(3-2-4-13(9)17)15(19)7-10-5-6-11(16)8-14(10)18/h2-6,8,15H,7,19H2,1H3. The Hall–Kier alpha value is -0.710. The van der Waals surface area contributed by atoms with Crippen molar-refractivity contribution in [3.05, 3.63) is 67.9 Å². The molecule has 0 aliphatic carbocycles. The molecule has 0 amide bonds. The van der Waals surface area contributed by atoms with E-state index in [2.05, 4.69) is 31.9 Å². The lowest BCUT2D eigenvalue weighted by atomic mass is 9.96. The van der Waals surface area contributed by atoms with Crippen LogP contribution < -0.4 is 5.73 Å². The Kier molecular flexibility index (Phi) is 4.76. The first-order valence-electron chi connectivity index (χ1n) is 5.93. The first-order valence-corrected chi connectivity index (χ1v) is 7.52. The number of hydrogen-bond acceptors (Lipinski definition) is 1. The highest BCUT2D eigenvalue weighted by atomic mass is 79.9. The molecule has 0 fully saturated rings. The van der Waals surface area contributed by atoms with E-state index in [0.29, 0.717) is 12.0 Å². The lowest BCUT2D eigenvalue weighted by Crippen LogP contribution is -2.15. The molecule has 0 aliphatic heterocycles. The second kappa shape index (κ2) is 6.16. The van der Waals surface area contributed by atoms with Crippen LogP contribution in [0.15, 0.2) is 45.3 Å². The molecule has 100 valence electrons. The molecule has 1 unspecified atom stereocenters. The molecule has 0 saturated carbocycles. The molecule has 0 aliphatic rings. The summed E-state index contributed by atoms with van der Waals surface area (Å²) in [5, 5.41) is 0. The molecule has 0 radical (unpaired) electrons. The van der Waals surface area contributed by atoms with Crippen LogP contribution >= 0.6 is 31.9 Å². The van der Waals surface area contributed by atoms with Crippen molar-refractivity contribution in [1.29, 1.82) is 0 Å². The summed E-state index contributed by atoms with van der Waals surface area (Å²) in [6, 6.07) is 10.8. The van der Waals surface area contributed by atoms with E-state index >= 15 is 0 Å². The zero-order valence-electron chi connectivity index (χ0n) is 10.5. The van der Waals surface area contributed by atoms with Crippen molar-refractivity contribution in [2.24, 2.45) is 5.73 Å². The highest BCUT2D eigenvalue weighted by Crippen LogP contribution is 2.26. The van der Waals surface area contributed by atoms with Gasteiger partial charge in [0.15, 0.2) is 0 Å². The molecule has 2 N–H and O–H groups in total. The topological polar surface area (TPSA) is 26.0 Å². The number of hydrogen-bond donors (Lipinski definition) is 1. The van der Waals surface area contributed by atoms with Crippen molar-refractivity contribution in [3.8, 4) is 0 Å². The van der Waals surface area contributed by atoms with Crippen molar-refractivity contribution in [2.75, 3.05) is 0 Å². The van der Waals surface area contributed by atoms with Crippen LogP contribution in [0.1, 0.15) is 22.7 Å². The summed E-state index contributed by atoms with van der Waals surface area (Å²) < 4.78 is 15.6. The van der Waals surface area contributed by atoms with E-state index in [0.717, 1.165) is 20.1 Å². The van der Waals surface area contributed by atoms with Gasteiger partial charge in [-0.1, -0.05) is 50.1 Å². The second-order valence-corrected chi connectivity index (χ2v) is 6.27. The maximum atomic E-state index is 13.8. The van der Waals surface area contributed by atoms with Crippen LogP contribution in [0.3, 0.4) is 0 Å². The Morgan fingerprint density at radius 2 is 1.95 bits per heavy atom. The highest BCUT2D eigenvalue weighted by molar-refractivity contribution is 9.10. The van der Waals surface area contributed by atoms with E-state index in [1.165, 1.54) is 6.07 Å². The highest BCUT2D eigenvalue weighted by Gasteiger charge is 2.13. The Morgan fingerprint density at radius 1 is 1.21 bits per heavy atom. The van der Waals surface area contributed by atoms with Gasteiger partial charge in [-0.25, -0.2) is 4.39 Å². The molecule has 2 rings (SSSR count). The van der Waals surface area contributed by atoms with Crippen LogP contribution in [-0.2, 0) is 6.42 Å². The minimum Gasteiger partial charge on any atom is -0.324 e. The van der Waals surface area contributed by atoms with Crippen LogP contribution in [-0.4, -0.2) is 0 Å². The fourth-order valence-corrected chi connectivity index (χ4v) is 2.77. The van der Waals surface area contributed by atoms with Gasteiger partial charge >= 0.3 is 0 Å². The second-order valence-electron chi connectivity index (χ2n) is 4.50. The van der Waals surface area contributed by atoms with Gasteiger partial charge in [0, 0.05) is 15.0 Å². The van der Waals surface area contributed by atoms with Crippen LogP contribution in [0.25, 0.3) is 0 Å². The zero-order valence-corrected chi connectivity index (χ0v) is 13.6. The zero-order chi connectivity index (χ0) is 14.0. The molecule has 1 atom stereocenters. The quantitative estimate of drug-likeness (QED) is 0.797. The molecular weight excluding hydrogens is 373 g/mol. The molecule has 0 bridgehead atoms. The molecule has 1 nitrogen and oxygen atoms in total. The SMILES string of the molecule is Cc1c(Br)cccc1C(N)Cc1ccc(Br)cc1F. The summed E-state index contributed by atoms with van der Waals surface area (Å²) >= 11 is 6.74. The maximum Gasteiger partial charge on any atom is 0.127 e. The molecule has 0 aromatic heterocycles. The van der Waals surface area contributed by atoms with E-state index < -0.39 is 0 Å². The summed E-state index contributed by atoms with van der Waals surface area (Å²) in [7, 11) is 0. The smallest absolute Gasteiger partial charge is 0.127 e. The molecular formula is C15H14Br2FN. The van der Waals surface area contributed by atoms with E-state index in [4.69, 9.17) is 5.73 Å². The van der Waals surface area contributed by atoms with E-state index in [1.54, 1.807) is 6.07 Å². The van der Waals surface area contributed by atoms with Gasteiger partial charge in [0.2, 0.25) is 0 Å². The van der Waals surface area contributed by atoms with Gasteiger partial charge in [0.25, 0.3) is 0 Å². The Labute approximate surface area is 129 Å². The van der Waals surface area contributed by atoms with Crippen LogP contribution in [0.5, 0.6) is 0 Å². The summed E-state index contributed by atoms with van der Waals surface area (Å²) in [5.41, 5.74) is 8.98. The fourth-order valence-electron chi connectivity index (χ4n) is 2.06. The summed E-state index contributed by atoms with van der Waals surface area (Å²) in [6.45, 7) is 2.01. The first-order chi connectivity index (χ1) is 8.99. The van der Waals surface area contributed by atoms with Crippen LogP contribution in [0.4, 0.5) is 4.39 Å². The predicted octanol–water partition coefficient (Wildman–Crippen LogP) is 4.90. The third kappa shape index (κ3) is 3.44. The van der Waals surface area contributed by atoms with Crippen molar-refractivity contribution in [2.45, 2.75) is 19.4 Å². The number of benzene rings is 2. The van der Waals surface area contributed by atoms with Crippen molar-refractivity contribution in [1.82, 2.24) is 0 Å². The van der Waals surface area contributed by atoms with Crippen molar-refractivity contribution in [3.63, 3.8) is 0 Å². The largest absolute Gasteiger partial charge is 0.324 e. The van der Waals surface area contributed by atoms with Gasteiger partial charge in [0.1, 0.15) is 5.82 Å². The normalized spacial score (nSPS) is 12.5. The summed E-state index contributed by atoms with van der Waals surface area (Å²) in [4.78, 5) is 0. The summed E-state index contributed by atoms with van der Waals surface area (Å²) in [6.07, 6.45) is 0.483. The lowest BCUT2D eigenvalue weighted by molar-refractivity contribution is 0.592. The Bertz CT molecular complexity index is 599. The average molecular weight is 387 g/mol. The van der Waals surface area contributed by atoms with Gasteiger partial charge in [-0.15, -0.1) is 0 Å². The first kappa shape index (κ1) is 14.7. The number of halogens is 3. The fraction of sp³-hybridized carbons (Fsp3) is 0.200. The minimum atomic E-state index is -0.225. The predicted molar refractivity (Wildman–Crippen MR) is 83.6 cm³/mol. The minimum absolute atomic E-state index is 0.215. The van der Waals surface area contributed by atoms with Gasteiger partial charge < -0.3 is 5.73 Å². The van der Waals surface area contributed by atoms with Crippen LogP contribution in [0.2, 0.25) is 0 Å². The Morgan fingerprint density at radius 3 is 2.63 bits per heavy atom.